The van der Waals surface area contributed by atoms with Crippen molar-refractivity contribution in [3.8, 4) is 17.1 Å². The van der Waals surface area contributed by atoms with Crippen molar-refractivity contribution in [2.24, 2.45) is 5.73 Å². The smallest absolute Gasteiger partial charge is 0.248 e. The van der Waals surface area contributed by atoms with Gasteiger partial charge in [0, 0.05) is 21.8 Å². The van der Waals surface area contributed by atoms with Gasteiger partial charge in [0.25, 0.3) is 0 Å². The predicted octanol–water partition coefficient (Wildman–Crippen LogP) is 3.77. The SMILES string of the molecule is CCOc1ccccc1[C@H]1C(C(N)=O)=C(C)Nc2nc(-c3cccc(Cl)c3)nn21. The topological polar surface area (TPSA) is 95.1 Å². The van der Waals surface area contributed by atoms with Crippen LogP contribution >= 0.6 is 11.6 Å². The van der Waals surface area contributed by atoms with E-state index in [0.29, 0.717) is 40.4 Å². The van der Waals surface area contributed by atoms with E-state index in [4.69, 9.17) is 22.1 Å². The Hall–Kier alpha value is -3.32. The molecule has 0 saturated carbocycles. The molecule has 29 heavy (non-hydrogen) atoms. The third kappa shape index (κ3) is 3.45. The Kier molecular flexibility index (Phi) is 4.98. The Bertz CT molecular complexity index is 1120. The average Bonchev–Trinajstić information content (AvgIpc) is 3.11. The molecule has 1 aliphatic heterocycles. The van der Waals surface area contributed by atoms with Crippen molar-refractivity contribution in [3.63, 3.8) is 0 Å². The van der Waals surface area contributed by atoms with E-state index in [-0.39, 0.29) is 0 Å². The van der Waals surface area contributed by atoms with Gasteiger partial charge in [-0.25, -0.2) is 4.68 Å². The first-order valence-corrected chi connectivity index (χ1v) is 9.59. The molecule has 0 unspecified atom stereocenters. The molecular weight excluding hydrogens is 390 g/mol. The lowest BCUT2D eigenvalue weighted by Gasteiger charge is -2.28. The molecule has 148 valence electrons. The molecule has 0 bridgehead atoms. The van der Waals surface area contributed by atoms with Crippen molar-refractivity contribution in [2.75, 3.05) is 11.9 Å². The summed E-state index contributed by atoms with van der Waals surface area (Å²) >= 11 is 6.13. The number of fused-ring (bicyclic) bond motifs is 1. The number of para-hydroxylation sites is 1. The van der Waals surface area contributed by atoms with Crippen molar-refractivity contribution < 1.29 is 9.53 Å². The number of nitrogens with two attached hydrogens (primary N) is 1. The van der Waals surface area contributed by atoms with Crippen LogP contribution < -0.4 is 15.8 Å². The standard InChI is InChI=1S/C21H20ClN5O2/c1-3-29-16-10-5-4-9-15(16)18-17(19(23)28)12(2)24-21-25-20(26-27(18)21)13-7-6-8-14(22)11-13/h4-11,18H,3H2,1-2H3,(H2,23,28)(H,24,25,26)/t18-/m0/s1. The minimum Gasteiger partial charge on any atom is -0.494 e. The van der Waals surface area contributed by atoms with E-state index in [2.05, 4.69) is 15.4 Å². The molecule has 1 amide bonds. The zero-order valence-electron chi connectivity index (χ0n) is 16.0. The van der Waals surface area contributed by atoms with Gasteiger partial charge >= 0.3 is 0 Å². The Morgan fingerprint density at radius 1 is 1.28 bits per heavy atom. The summed E-state index contributed by atoms with van der Waals surface area (Å²) in [5, 5.41) is 8.41. The van der Waals surface area contributed by atoms with Crippen LogP contribution in [0.25, 0.3) is 11.4 Å². The van der Waals surface area contributed by atoms with Crippen molar-refractivity contribution in [1.29, 1.82) is 0 Å². The van der Waals surface area contributed by atoms with E-state index < -0.39 is 11.9 Å². The maximum Gasteiger partial charge on any atom is 0.248 e. The number of carbonyl (C=O) groups excluding carboxylic acids is 1. The van der Waals surface area contributed by atoms with Crippen LogP contribution in [0.3, 0.4) is 0 Å². The van der Waals surface area contributed by atoms with Crippen LogP contribution in [-0.4, -0.2) is 27.3 Å². The van der Waals surface area contributed by atoms with Crippen LogP contribution in [0.5, 0.6) is 5.75 Å². The van der Waals surface area contributed by atoms with E-state index in [9.17, 15) is 4.79 Å². The summed E-state index contributed by atoms with van der Waals surface area (Å²) in [7, 11) is 0. The molecular formula is C21H20ClN5O2. The van der Waals surface area contributed by atoms with Crippen molar-refractivity contribution in [1.82, 2.24) is 14.8 Å². The van der Waals surface area contributed by atoms with Gasteiger partial charge in [0.15, 0.2) is 5.82 Å². The minimum absolute atomic E-state index is 0.409. The van der Waals surface area contributed by atoms with Crippen LogP contribution in [-0.2, 0) is 4.79 Å². The lowest BCUT2D eigenvalue weighted by atomic mass is 9.94. The summed E-state index contributed by atoms with van der Waals surface area (Å²) in [6.45, 7) is 4.20. The number of rotatable bonds is 5. The number of primary amides is 1. The molecule has 2 heterocycles. The van der Waals surface area contributed by atoms with Gasteiger partial charge in [0.2, 0.25) is 11.9 Å². The van der Waals surface area contributed by atoms with E-state index in [1.54, 1.807) is 23.7 Å². The van der Waals surface area contributed by atoms with Crippen LogP contribution in [0.2, 0.25) is 5.02 Å². The number of benzene rings is 2. The fourth-order valence-electron chi connectivity index (χ4n) is 3.50. The minimum atomic E-state index is -0.563. The summed E-state index contributed by atoms with van der Waals surface area (Å²) in [5.74, 6) is 1.14. The Morgan fingerprint density at radius 3 is 2.79 bits per heavy atom. The molecule has 8 heteroatoms. The molecule has 3 aromatic rings. The fourth-order valence-corrected chi connectivity index (χ4v) is 3.69. The molecule has 7 nitrogen and oxygen atoms in total. The van der Waals surface area contributed by atoms with Crippen molar-refractivity contribution >= 4 is 23.5 Å². The van der Waals surface area contributed by atoms with Crippen LogP contribution in [0.4, 0.5) is 5.95 Å². The number of carbonyl (C=O) groups is 1. The highest BCUT2D eigenvalue weighted by atomic mass is 35.5. The van der Waals surface area contributed by atoms with Gasteiger partial charge < -0.3 is 15.8 Å². The summed E-state index contributed by atoms with van der Waals surface area (Å²) in [6, 6.07) is 14.3. The molecule has 2 aromatic carbocycles. The Balaban J connectivity index is 1.91. The predicted molar refractivity (Wildman–Crippen MR) is 112 cm³/mol. The third-order valence-electron chi connectivity index (χ3n) is 4.71. The number of ether oxygens (including phenoxy) is 1. The highest BCUT2D eigenvalue weighted by Crippen LogP contribution is 2.39. The Morgan fingerprint density at radius 2 is 2.07 bits per heavy atom. The first kappa shape index (κ1) is 19.0. The molecule has 1 atom stereocenters. The number of nitrogens with one attached hydrogen (secondary N) is 1. The van der Waals surface area contributed by atoms with E-state index in [1.807, 2.05) is 43.3 Å². The number of aromatic nitrogens is 3. The second kappa shape index (κ2) is 7.60. The van der Waals surface area contributed by atoms with Gasteiger partial charge in [0.05, 0.1) is 12.2 Å². The first-order chi connectivity index (χ1) is 14.0. The van der Waals surface area contributed by atoms with E-state index >= 15 is 0 Å². The number of allylic oxidation sites excluding steroid dienone is 1. The molecule has 0 saturated heterocycles. The number of hydrogen-bond acceptors (Lipinski definition) is 5. The van der Waals surface area contributed by atoms with Crippen LogP contribution in [0, 0.1) is 0 Å². The molecule has 1 aliphatic rings. The lowest BCUT2D eigenvalue weighted by Crippen LogP contribution is -2.32. The molecule has 1 aromatic heterocycles. The highest BCUT2D eigenvalue weighted by molar-refractivity contribution is 6.30. The van der Waals surface area contributed by atoms with Crippen LogP contribution in [0.15, 0.2) is 59.8 Å². The second-order valence-corrected chi connectivity index (χ2v) is 7.05. The van der Waals surface area contributed by atoms with Crippen LogP contribution in [0.1, 0.15) is 25.5 Å². The van der Waals surface area contributed by atoms with E-state index in [0.717, 1.165) is 11.1 Å². The number of anilines is 1. The van der Waals surface area contributed by atoms with Crippen molar-refractivity contribution in [2.45, 2.75) is 19.9 Å². The van der Waals surface area contributed by atoms with Gasteiger partial charge in [-0.15, -0.1) is 5.10 Å². The maximum absolute atomic E-state index is 12.4. The molecule has 4 rings (SSSR count). The quantitative estimate of drug-likeness (QED) is 0.668. The molecule has 0 radical (unpaired) electrons. The average molecular weight is 410 g/mol. The first-order valence-electron chi connectivity index (χ1n) is 9.21. The molecule has 3 N–H and O–H groups in total. The van der Waals surface area contributed by atoms with Crippen molar-refractivity contribution in [3.05, 3.63) is 70.4 Å². The summed E-state index contributed by atoms with van der Waals surface area (Å²) in [5.41, 5.74) is 8.35. The second-order valence-electron chi connectivity index (χ2n) is 6.62. The number of halogens is 1. The maximum atomic E-state index is 12.4. The molecule has 0 aliphatic carbocycles. The number of hydrogen-bond donors (Lipinski definition) is 2. The fraction of sp³-hybridized carbons (Fsp3) is 0.190. The van der Waals surface area contributed by atoms with E-state index in [1.165, 1.54) is 0 Å². The van der Waals surface area contributed by atoms with Gasteiger partial charge in [-0.05, 0) is 32.0 Å². The van der Waals surface area contributed by atoms with Gasteiger partial charge in [-0.2, -0.15) is 4.98 Å². The normalized spacial score (nSPS) is 15.6. The summed E-state index contributed by atoms with van der Waals surface area (Å²) in [4.78, 5) is 17.0. The third-order valence-corrected chi connectivity index (χ3v) is 4.95. The zero-order valence-corrected chi connectivity index (χ0v) is 16.8. The van der Waals surface area contributed by atoms with Gasteiger partial charge in [-0.3, -0.25) is 4.79 Å². The number of nitrogens with zero attached hydrogens (tertiary/aromatic N) is 3. The molecule has 0 spiro atoms. The highest BCUT2D eigenvalue weighted by Gasteiger charge is 2.35. The number of amides is 1. The largest absolute Gasteiger partial charge is 0.494 e. The Labute approximate surface area is 173 Å². The zero-order chi connectivity index (χ0) is 20.5. The summed E-state index contributed by atoms with van der Waals surface area (Å²) < 4.78 is 7.47. The summed E-state index contributed by atoms with van der Waals surface area (Å²) in [6.07, 6.45) is 0. The monoisotopic (exact) mass is 409 g/mol. The lowest BCUT2D eigenvalue weighted by molar-refractivity contribution is -0.115. The van der Waals surface area contributed by atoms with Gasteiger partial charge in [-0.1, -0.05) is 41.9 Å². The van der Waals surface area contributed by atoms with Gasteiger partial charge in [0.1, 0.15) is 11.8 Å². The molecule has 0 fully saturated rings.